The van der Waals surface area contributed by atoms with Crippen molar-refractivity contribution < 1.29 is 9.59 Å². The summed E-state index contributed by atoms with van der Waals surface area (Å²) in [5.41, 5.74) is 2.17. The molecule has 0 radical (unpaired) electrons. The van der Waals surface area contributed by atoms with E-state index in [2.05, 4.69) is 10.3 Å². The van der Waals surface area contributed by atoms with E-state index in [1.807, 2.05) is 37.1 Å². The molecular formula is C18H19ClN4O2. The second-order valence-electron chi connectivity index (χ2n) is 6.08. The van der Waals surface area contributed by atoms with Crippen molar-refractivity contribution in [1.29, 1.82) is 0 Å². The maximum Gasteiger partial charge on any atom is 0.246 e. The largest absolute Gasteiger partial charge is 0.365 e. The Bertz CT molecular complexity index is 811. The van der Waals surface area contributed by atoms with Crippen LogP contribution in [0.5, 0.6) is 0 Å². The summed E-state index contributed by atoms with van der Waals surface area (Å²) in [7, 11) is 1.82. The van der Waals surface area contributed by atoms with Gasteiger partial charge < -0.3 is 15.1 Å². The number of fused-ring (bicyclic) bond motifs is 1. The van der Waals surface area contributed by atoms with Gasteiger partial charge in [-0.05, 0) is 31.2 Å². The van der Waals surface area contributed by atoms with Gasteiger partial charge in [-0.25, -0.2) is 4.98 Å². The Labute approximate surface area is 151 Å². The van der Waals surface area contributed by atoms with Crippen LogP contribution in [0, 0.1) is 0 Å². The summed E-state index contributed by atoms with van der Waals surface area (Å²) in [6, 6.07) is 10.6. The van der Waals surface area contributed by atoms with E-state index in [0.29, 0.717) is 16.5 Å². The molecule has 1 N–H and O–H groups in total. The third-order valence-corrected chi connectivity index (χ3v) is 4.36. The zero-order chi connectivity index (χ0) is 18.0. The summed E-state index contributed by atoms with van der Waals surface area (Å²) in [5, 5.41) is 3.23. The molecule has 1 aliphatic heterocycles. The highest BCUT2D eigenvalue weighted by molar-refractivity contribution is 6.29. The molecule has 0 saturated heterocycles. The van der Waals surface area contributed by atoms with Crippen molar-refractivity contribution in [3.05, 3.63) is 47.7 Å². The third-order valence-electron chi connectivity index (χ3n) is 4.15. The molecule has 0 fully saturated rings. The van der Waals surface area contributed by atoms with Crippen LogP contribution in [0.4, 0.5) is 17.1 Å². The molecule has 1 aromatic carbocycles. The summed E-state index contributed by atoms with van der Waals surface area (Å²) in [6.45, 7) is 2.04. The molecule has 2 amide bonds. The first-order chi connectivity index (χ1) is 12.0. The number of anilines is 3. The fourth-order valence-electron chi connectivity index (χ4n) is 2.97. The second-order valence-corrected chi connectivity index (χ2v) is 6.46. The molecule has 3 rings (SSSR count). The van der Waals surface area contributed by atoms with Gasteiger partial charge in [-0.2, -0.15) is 0 Å². The van der Waals surface area contributed by atoms with Crippen LogP contribution >= 0.6 is 11.6 Å². The van der Waals surface area contributed by atoms with Gasteiger partial charge in [0.1, 0.15) is 5.15 Å². The number of rotatable bonds is 3. The number of nitrogens with zero attached hydrogens (tertiary/aromatic N) is 3. The Morgan fingerprint density at radius 3 is 2.92 bits per heavy atom. The Morgan fingerprint density at radius 2 is 2.16 bits per heavy atom. The quantitative estimate of drug-likeness (QED) is 0.857. The number of carbonyl (C=O) groups excluding carboxylic acids is 2. The average molecular weight is 359 g/mol. The Morgan fingerprint density at radius 1 is 1.40 bits per heavy atom. The molecule has 2 heterocycles. The number of para-hydroxylation sites is 2. The number of halogens is 1. The van der Waals surface area contributed by atoms with Crippen LogP contribution in [0.15, 0.2) is 42.6 Å². The monoisotopic (exact) mass is 358 g/mol. The third kappa shape index (κ3) is 3.74. The van der Waals surface area contributed by atoms with Gasteiger partial charge in [0.2, 0.25) is 11.8 Å². The lowest BCUT2D eigenvalue weighted by molar-refractivity contribution is -0.118. The van der Waals surface area contributed by atoms with Crippen molar-refractivity contribution in [2.24, 2.45) is 0 Å². The average Bonchev–Trinajstić information content (AvgIpc) is 2.68. The molecule has 1 unspecified atom stereocenters. The Kier molecular flexibility index (Phi) is 4.90. The standard InChI is InChI=1S/C18H19ClN4O2/c1-12-9-17(24)21-14-5-3-4-6-15(14)23(12)18(25)11-22(2)13-7-8-20-16(19)10-13/h3-8,10,12H,9,11H2,1-2H3,(H,21,24). The maximum absolute atomic E-state index is 13.0. The number of pyridine rings is 1. The van der Waals surface area contributed by atoms with Crippen molar-refractivity contribution in [2.45, 2.75) is 19.4 Å². The number of hydrogen-bond acceptors (Lipinski definition) is 4. The molecule has 130 valence electrons. The maximum atomic E-state index is 13.0. The van der Waals surface area contributed by atoms with Crippen LogP contribution in [0.25, 0.3) is 0 Å². The zero-order valence-electron chi connectivity index (χ0n) is 14.1. The van der Waals surface area contributed by atoms with Crippen molar-refractivity contribution in [1.82, 2.24) is 4.98 Å². The van der Waals surface area contributed by atoms with E-state index in [4.69, 9.17) is 11.6 Å². The van der Waals surface area contributed by atoms with Crippen molar-refractivity contribution in [3.8, 4) is 0 Å². The summed E-state index contributed by atoms with van der Waals surface area (Å²) < 4.78 is 0. The molecule has 1 atom stereocenters. The number of aromatic nitrogens is 1. The lowest BCUT2D eigenvalue weighted by Gasteiger charge is -2.30. The van der Waals surface area contributed by atoms with E-state index in [-0.39, 0.29) is 30.8 Å². The number of amides is 2. The van der Waals surface area contributed by atoms with E-state index in [9.17, 15) is 9.59 Å². The fraction of sp³-hybridized carbons (Fsp3) is 0.278. The van der Waals surface area contributed by atoms with Crippen LogP contribution < -0.4 is 15.1 Å². The van der Waals surface area contributed by atoms with Crippen molar-refractivity contribution in [2.75, 3.05) is 28.7 Å². The molecule has 25 heavy (non-hydrogen) atoms. The first kappa shape index (κ1) is 17.2. The molecule has 2 aromatic rings. The summed E-state index contributed by atoms with van der Waals surface area (Å²) in [4.78, 5) is 32.5. The minimum Gasteiger partial charge on any atom is -0.365 e. The molecule has 0 saturated carbocycles. The van der Waals surface area contributed by atoms with Crippen molar-refractivity contribution in [3.63, 3.8) is 0 Å². The SMILES string of the molecule is CC1CC(=O)Nc2ccccc2N1C(=O)CN(C)c1ccnc(Cl)c1. The molecule has 6 nitrogen and oxygen atoms in total. The van der Waals surface area contributed by atoms with Gasteiger partial charge in [0, 0.05) is 31.4 Å². The number of nitrogens with one attached hydrogen (secondary N) is 1. The van der Waals surface area contributed by atoms with Crippen LogP contribution in [0.1, 0.15) is 13.3 Å². The highest BCUT2D eigenvalue weighted by Gasteiger charge is 2.29. The zero-order valence-corrected chi connectivity index (χ0v) is 14.8. The highest BCUT2D eigenvalue weighted by Crippen LogP contribution is 2.31. The van der Waals surface area contributed by atoms with Crippen LogP contribution in [-0.2, 0) is 9.59 Å². The smallest absolute Gasteiger partial charge is 0.246 e. The predicted molar refractivity (Wildman–Crippen MR) is 99.2 cm³/mol. The van der Waals surface area contributed by atoms with Crippen molar-refractivity contribution >= 4 is 40.5 Å². The van der Waals surface area contributed by atoms with E-state index < -0.39 is 0 Å². The van der Waals surface area contributed by atoms with Crippen LogP contribution in [-0.4, -0.2) is 36.4 Å². The molecule has 1 aliphatic rings. The molecule has 0 aliphatic carbocycles. The topological polar surface area (TPSA) is 65.5 Å². The van der Waals surface area contributed by atoms with E-state index in [0.717, 1.165) is 5.69 Å². The molecule has 1 aromatic heterocycles. The fourth-order valence-corrected chi connectivity index (χ4v) is 3.14. The van der Waals surface area contributed by atoms with E-state index >= 15 is 0 Å². The minimum atomic E-state index is -0.231. The normalized spacial score (nSPS) is 16.7. The van der Waals surface area contributed by atoms with Gasteiger partial charge in [-0.3, -0.25) is 9.59 Å². The van der Waals surface area contributed by atoms with Crippen LogP contribution in [0.2, 0.25) is 5.15 Å². The lowest BCUT2D eigenvalue weighted by Crippen LogP contribution is -2.44. The first-order valence-electron chi connectivity index (χ1n) is 7.99. The van der Waals surface area contributed by atoms with Gasteiger partial charge >= 0.3 is 0 Å². The Balaban J connectivity index is 1.86. The molecule has 0 spiro atoms. The minimum absolute atomic E-state index is 0.0908. The van der Waals surface area contributed by atoms with E-state index in [1.165, 1.54) is 0 Å². The number of hydrogen-bond donors (Lipinski definition) is 1. The van der Waals surface area contributed by atoms with E-state index in [1.54, 1.807) is 29.3 Å². The second kappa shape index (κ2) is 7.11. The number of likely N-dealkylation sites (N-methyl/N-ethyl adjacent to an activating group) is 1. The molecule has 0 bridgehead atoms. The number of benzene rings is 1. The van der Waals surface area contributed by atoms with Gasteiger partial charge in [0.15, 0.2) is 0 Å². The van der Waals surface area contributed by atoms with Gasteiger partial charge in [-0.1, -0.05) is 23.7 Å². The van der Waals surface area contributed by atoms with Gasteiger partial charge in [0.25, 0.3) is 0 Å². The molecule has 7 heteroatoms. The predicted octanol–water partition coefficient (Wildman–Crippen LogP) is 2.94. The highest BCUT2D eigenvalue weighted by atomic mass is 35.5. The van der Waals surface area contributed by atoms with Gasteiger partial charge in [-0.15, -0.1) is 0 Å². The Hall–Kier alpha value is -2.60. The number of carbonyl (C=O) groups is 2. The molecular weight excluding hydrogens is 340 g/mol. The summed E-state index contributed by atoms with van der Waals surface area (Å²) in [5.74, 6) is -0.184. The lowest BCUT2D eigenvalue weighted by atomic mass is 10.1. The summed E-state index contributed by atoms with van der Waals surface area (Å²) >= 11 is 5.92. The summed E-state index contributed by atoms with van der Waals surface area (Å²) in [6.07, 6.45) is 1.86. The van der Waals surface area contributed by atoms with Gasteiger partial charge in [0.05, 0.1) is 17.9 Å². The first-order valence-corrected chi connectivity index (χ1v) is 8.37. The van der Waals surface area contributed by atoms with Crippen LogP contribution in [0.3, 0.4) is 0 Å².